The van der Waals surface area contributed by atoms with E-state index in [-0.39, 0.29) is 6.61 Å². The molecule has 0 aliphatic rings. The second-order valence-electron chi connectivity index (χ2n) is 4.12. The Morgan fingerprint density at radius 1 is 1.11 bits per heavy atom. The standard InChI is InChI=1S/C12H12F3N3O/c1-18-10(16-17-11(18)7-19)6-8-2-4-9(5-3-8)12(13,14)15/h2-5,19H,6-7H2,1H3. The lowest BCUT2D eigenvalue weighted by Crippen LogP contribution is -2.06. The second kappa shape index (κ2) is 5.00. The zero-order valence-electron chi connectivity index (χ0n) is 10.1. The van der Waals surface area contributed by atoms with Crippen LogP contribution in [0.1, 0.15) is 22.8 Å². The molecule has 1 heterocycles. The van der Waals surface area contributed by atoms with E-state index >= 15 is 0 Å². The van der Waals surface area contributed by atoms with Crippen LogP contribution in [0.25, 0.3) is 0 Å². The molecule has 0 atom stereocenters. The van der Waals surface area contributed by atoms with Crippen molar-refractivity contribution in [3.05, 3.63) is 47.0 Å². The summed E-state index contributed by atoms with van der Waals surface area (Å²) in [4.78, 5) is 0. The van der Waals surface area contributed by atoms with E-state index in [4.69, 9.17) is 5.11 Å². The van der Waals surface area contributed by atoms with Gasteiger partial charge in [-0.1, -0.05) is 12.1 Å². The zero-order valence-corrected chi connectivity index (χ0v) is 10.1. The van der Waals surface area contributed by atoms with Crippen LogP contribution in [0.3, 0.4) is 0 Å². The molecule has 0 radical (unpaired) electrons. The molecule has 2 aromatic rings. The van der Waals surface area contributed by atoms with E-state index < -0.39 is 11.7 Å². The van der Waals surface area contributed by atoms with Crippen molar-refractivity contribution >= 4 is 0 Å². The number of benzene rings is 1. The maximum Gasteiger partial charge on any atom is 0.416 e. The molecular formula is C12H12F3N3O. The highest BCUT2D eigenvalue weighted by Crippen LogP contribution is 2.29. The zero-order chi connectivity index (χ0) is 14.0. The fraction of sp³-hybridized carbons (Fsp3) is 0.333. The molecule has 0 fully saturated rings. The lowest BCUT2D eigenvalue weighted by molar-refractivity contribution is -0.137. The van der Waals surface area contributed by atoms with E-state index in [1.165, 1.54) is 12.1 Å². The van der Waals surface area contributed by atoms with Crippen LogP contribution < -0.4 is 0 Å². The van der Waals surface area contributed by atoms with Gasteiger partial charge in [0.2, 0.25) is 0 Å². The molecule has 19 heavy (non-hydrogen) atoms. The summed E-state index contributed by atoms with van der Waals surface area (Å²) in [5, 5.41) is 16.6. The van der Waals surface area contributed by atoms with Gasteiger partial charge in [-0.2, -0.15) is 13.2 Å². The predicted molar refractivity (Wildman–Crippen MR) is 61.2 cm³/mol. The number of aromatic nitrogens is 3. The summed E-state index contributed by atoms with van der Waals surface area (Å²) in [6.07, 6.45) is -3.96. The van der Waals surface area contributed by atoms with Gasteiger partial charge in [0.25, 0.3) is 0 Å². The van der Waals surface area contributed by atoms with Crippen LogP contribution >= 0.6 is 0 Å². The maximum absolute atomic E-state index is 12.4. The van der Waals surface area contributed by atoms with Gasteiger partial charge >= 0.3 is 6.18 Å². The summed E-state index contributed by atoms with van der Waals surface area (Å²) in [6, 6.07) is 4.91. The van der Waals surface area contributed by atoms with Gasteiger partial charge in [-0.3, -0.25) is 0 Å². The molecule has 0 saturated carbocycles. The Labute approximate surface area is 107 Å². The summed E-state index contributed by atoms with van der Waals surface area (Å²) in [5.41, 5.74) is 0.0262. The third-order valence-electron chi connectivity index (χ3n) is 2.84. The Hall–Kier alpha value is -1.89. The van der Waals surface area contributed by atoms with Gasteiger partial charge in [-0.05, 0) is 17.7 Å². The van der Waals surface area contributed by atoms with Crippen molar-refractivity contribution in [2.75, 3.05) is 0 Å². The Balaban J connectivity index is 2.17. The SMILES string of the molecule is Cn1c(CO)nnc1Cc1ccc(C(F)(F)F)cc1. The average Bonchev–Trinajstić information content (AvgIpc) is 2.70. The first-order valence-corrected chi connectivity index (χ1v) is 5.56. The summed E-state index contributed by atoms with van der Waals surface area (Å²) >= 11 is 0. The van der Waals surface area contributed by atoms with Crippen LogP contribution in [0.2, 0.25) is 0 Å². The van der Waals surface area contributed by atoms with E-state index in [1.54, 1.807) is 11.6 Å². The highest BCUT2D eigenvalue weighted by Gasteiger charge is 2.29. The predicted octanol–water partition coefficient (Wildman–Crippen LogP) is 1.92. The summed E-state index contributed by atoms with van der Waals surface area (Å²) in [7, 11) is 1.70. The molecule has 7 heteroatoms. The van der Waals surface area contributed by atoms with Gasteiger partial charge in [0.1, 0.15) is 12.4 Å². The van der Waals surface area contributed by atoms with Gasteiger partial charge in [-0.25, -0.2) is 0 Å². The van der Waals surface area contributed by atoms with Gasteiger partial charge < -0.3 is 9.67 Å². The fourth-order valence-electron chi connectivity index (χ4n) is 1.68. The maximum atomic E-state index is 12.4. The fourth-order valence-corrected chi connectivity index (χ4v) is 1.68. The second-order valence-corrected chi connectivity index (χ2v) is 4.12. The quantitative estimate of drug-likeness (QED) is 0.927. The minimum absolute atomic E-state index is 0.226. The topological polar surface area (TPSA) is 50.9 Å². The highest BCUT2D eigenvalue weighted by atomic mass is 19.4. The van der Waals surface area contributed by atoms with Crippen LogP contribution in [-0.4, -0.2) is 19.9 Å². The first kappa shape index (κ1) is 13.5. The average molecular weight is 271 g/mol. The number of halogens is 3. The first-order valence-electron chi connectivity index (χ1n) is 5.56. The number of rotatable bonds is 3. The van der Waals surface area contributed by atoms with E-state index in [9.17, 15) is 13.2 Å². The van der Waals surface area contributed by atoms with Crippen molar-refractivity contribution in [1.82, 2.24) is 14.8 Å². The number of nitrogens with zero attached hydrogens (tertiary/aromatic N) is 3. The van der Waals surface area contributed by atoms with Crippen LogP contribution in [0.4, 0.5) is 13.2 Å². The van der Waals surface area contributed by atoms with Gasteiger partial charge in [0, 0.05) is 13.5 Å². The molecule has 1 aromatic carbocycles. The Kier molecular flexibility index (Phi) is 3.57. The Bertz CT molecular complexity index is 561. The molecule has 0 amide bonds. The van der Waals surface area contributed by atoms with Gasteiger partial charge in [0.05, 0.1) is 5.56 Å². The number of aliphatic hydroxyl groups excluding tert-OH is 1. The molecule has 4 nitrogen and oxygen atoms in total. The number of alkyl halides is 3. The normalized spacial score (nSPS) is 11.8. The molecule has 0 aliphatic carbocycles. The molecule has 102 valence electrons. The van der Waals surface area contributed by atoms with Crippen LogP contribution in [0.15, 0.2) is 24.3 Å². The van der Waals surface area contributed by atoms with Crippen molar-refractivity contribution < 1.29 is 18.3 Å². The van der Waals surface area contributed by atoms with E-state index in [0.717, 1.165) is 12.1 Å². The molecule has 0 saturated heterocycles. The number of hydrogen-bond acceptors (Lipinski definition) is 3. The van der Waals surface area contributed by atoms with Crippen molar-refractivity contribution in [2.45, 2.75) is 19.2 Å². The van der Waals surface area contributed by atoms with Crippen molar-refractivity contribution in [1.29, 1.82) is 0 Å². The highest BCUT2D eigenvalue weighted by molar-refractivity contribution is 5.26. The summed E-state index contributed by atoms with van der Waals surface area (Å²) in [5.74, 6) is 1.01. The minimum Gasteiger partial charge on any atom is -0.388 e. The molecule has 2 rings (SSSR count). The Morgan fingerprint density at radius 2 is 1.68 bits per heavy atom. The monoisotopic (exact) mass is 271 g/mol. The smallest absolute Gasteiger partial charge is 0.388 e. The van der Waals surface area contributed by atoms with Crippen LogP contribution in [0, 0.1) is 0 Å². The first-order chi connectivity index (χ1) is 8.91. The number of aliphatic hydroxyl groups is 1. The van der Waals surface area contributed by atoms with Crippen molar-refractivity contribution in [3.8, 4) is 0 Å². The van der Waals surface area contributed by atoms with Crippen LogP contribution in [-0.2, 0) is 26.3 Å². The van der Waals surface area contributed by atoms with E-state index in [1.807, 2.05) is 0 Å². The lowest BCUT2D eigenvalue weighted by Gasteiger charge is -2.07. The molecule has 1 aromatic heterocycles. The molecular weight excluding hydrogens is 259 g/mol. The van der Waals surface area contributed by atoms with Crippen molar-refractivity contribution in [3.63, 3.8) is 0 Å². The van der Waals surface area contributed by atoms with Gasteiger partial charge in [-0.15, -0.1) is 10.2 Å². The summed E-state index contributed by atoms with van der Waals surface area (Å²) < 4.78 is 38.8. The lowest BCUT2D eigenvalue weighted by atomic mass is 10.1. The van der Waals surface area contributed by atoms with E-state index in [0.29, 0.717) is 23.6 Å². The summed E-state index contributed by atoms with van der Waals surface area (Å²) in [6.45, 7) is -0.226. The Morgan fingerprint density at radius 3 is 2.16 bits per heavy atom. The van der Waals surface area contributed by atoms with Gasteiger partial charge in [0.15, 0.2) is 5.82 Å². The third-order valence-corrected chi connectivity index (χ3v) is 2.84. The van der Waals surface area contributed by atoms with E-state index in [2.05, 4.69) is 10.2 Å². The minimum atomic E-state index is -4.33. The third kappa shape index (κ3) is 2.93. The molecule has 0 bridgehead atoms. The molecule has 0 spiro atoms. The molecule has 1 N–H and O–H groups in total. The van der Waals surface area contributed by atoms with Crippen LogP contribution in [0.5, 0.6) is 0 Å². The number of hydrogen-bond donors (Lipinski definition) is 1. The largest absolute Gasteiger partial charge is 0.416 e. The van der Waals surface area contributed by atoms with Crippen molar-refractivity contribution in [2.24, 2.45) is 7.05 Å². The molecule has 0 unspecified atom stereocenters. The molecule has 0 aliphatic heterocycles.